The fourth-order valence-corrected chi connectivity index (χ4v) is 1.33. The molecule has 5 heteroatoms. The Kier molecular flexibility index (Phi) is 2.23. The van der Waals surface area contributed by atoms with Gasteiger partial charge in [-0.1, -0.05) is 11.2 Å². The van der Waals surface area contributed by atoms with E-state index in [2.05, 4.69) is 20.0 Å². The molecular weight excluding hydrogens is 190 g/mol. The minimum atomic E-state index is 0.558. The summed E-state index contributed by atoms with van der Waals surface area (Å²) in [4.78, 5) is 11.5. The molecule has 0 aliphatic heterocycles. The quantitative estimate of drug-likeness (QED) is 0.401. The number of fused-ring (bicyclic) bond motifs is 1. The van der Waals surface area contributed by atoms with Crippen molar-refractivity contribution in [3.63, 3.8) is 0 Å². The highest BCUT2D eigenvalue weighted by molar-refractivity contribution is 5.78. The minimum Gasteiger partial charge on any atom is -0.250 e. The Balaban J connectivity index is 2.71. The number of nitrogens with zero attached hydrogens (tertiary/aromatic N) is 5. The molecule has 2 aromatic rings. The Hall–Kier alpha value is -2.13. The highest BCUT2D eigenvalue weighted by atomic mass is 15.1. The van der Waals surface area contributed by atoms with Gasteiger partial charge in [0, 0.05) is 10.6 Å². The number of aryl methyl sites for hydroxylation is 2. The van der Waals surface area contributed by atoms with Crippen LogP contribution in [0, 0.1) is 13.8 Å². The Labute approximate surface area is 86.4 Å². The molecule has 15 heavy (non-hydrogen) atoms. The first-order chi connectivity index (χ1) is 7.20. The van der Waals surface area contributed by atoms with Crippen molar-refractivity contribution >= 4 is 16.7 Å². The van der Waals surface area contributed by atoms with Gasteiger partial charge in [-0.3, -0.25) is 0 Å². The summed E-state index contributed by atoms with van der Waals surface area (Å²) < 4.78 is 0. The van der Waals surface area contributed by atoms with Crippen LogP contribution in [0.15, 0.2) is 23.3 Å². The number of benzene rings is 1. The molecule has 1 aromatic heterocycles. The SMILES string of the molecule is Cc1nc2ccc(N=[N+]=[N-])cc2nc1C. The van der Waals surface area contributed by atoms with Gasteiger partial charge in [0.1, 0.15) is 0 Å². The van der Waals surface area contributed by atoms with Crippen molar-refractivity contribution in [2.24, 2.45) is 5.11 Å². The lowest BCUT2D eigenvalue weighted by Crippen LogP contribution is -1.92. The third-order valence-electron chi connectivity index (χ3n) is 2.22. The Morgan fingerprint density at radius 3 is 2.47 bits per heavy atom. The maximum Gasteiger partial charge on any atom is 0.0894 e. The maximum atomic E-state index is 8.31. The van der Waals surface area contributed by atoms with E-state index in [4.69, 9.17) is 5.53 Å². The molecule has 1 heterocycles. The highest BCUT2D eigenvalue weighted by Gasteiger charge is 2.01. The van der Waals surface area contributed by atoms with Crippen molar-refractivity contribution in [2.45, 2.75) is 13.8 Å². The number of rotatable bonds is 1. The van der Waals surface area contributed by atoms with E-state index in [1.807, 2.05) is 13.8 Å². The number of aromatic nitrogens is 2. The van der Waals surface area contributed by atoms with E-state index in [1.165, 1.54) is 0 Å². The van der Waals surface area contributed by atoms with Gasteiger partial charge >= 0.3 is 0 Å². The summed E-state index contributed by atoms with van der Waals surface area (Å²) in [6.07, 6.45) is 0. The zero-order valence-electron chi connectivity index (χ0n) is 8.47. The van der Waals surface area contributed by atoms with Gasteiger partial charge in [0.05, 0.1) is 22.4 Å². The molecule has 0 saturated heterocycles. The predicted molar refractivity (Wildman–Crippen MR) is 57.8 cm³/mol. The van der Waals surface area contributed by atoms with Gasteiger partial charge in [-0.05, 0) is 31.5 Å². The second-order valence-corrected chi connectivity index (χ2v) is 3.26. The molecule has 5 nitrogen and oxygen atoms in total. The first-order valence-electron chi connectivity index (χ1n) is 4.51. The fraction of sp³-hybridized carbons (Fsp3) is 0.200. The molecule has 74 valence electrons. The number of hydrogen-bond donors (Lipinski definition) is 0. The van der Waals surface area contributed by atoms with Crippen LogP contribution in [0.25, 0.3) is 21.5 Å². The molecular formula is C10H9N5. The molecule has 0 unspecified atom stereocenters. The third kappa shape index (κ3) is 1.73. The van der Waals surface area contributed by atoms with Crippen LogP contribution in [-0.4, -0.2) is 9.97 Å². The van der Waals surface area contributed by atoms with Crippen LogP contribution >= 0.6 is 0 Å². The second-order valence-electron chi connectivity index (χ2n) is 3.26. The van der Waals surface area contributed by atoms with Crippen LogP contribution in [0.1, 0.15) is 11.4 Å². The lowest BCUT2D eigenvalue weighted by atomic mass is 10.2. The van der Waals surface area contributed by atoms with Gasteiger partial charge in [-0.15, -0.1) is 0 Å². The van der Waals surface area contributed by atoms with Crippen LogP contribution in [0.5, 0.6) is 0 Å². The molecule has 1 aromatic carbocycles. The van der Waals surface area contributed by atoms with Crippen LogP contribution in [0.2, 0.25) is 0 Å². The summed E-state index contributed by atoms with van der Waals surface area (Å²) in [6.45, 7) is 3.82. The summed E-state index contributed by atoms with van der Waals surface area (Å²) in [5.74, 6) is 0. The summed E-state index contributed by atoms with van der Waals surface area (Å²) in [5, 5.41) is 3.52. The van der Waals surface area contributed by atoms with E-state index in [-0.39, 0.29) is 0 Å². The van der Waals surface area contributed by atoms with Gasteiger partial charge in [0.15, 0.2) is 0 Å². The van der Waals surface area contributed by atoms with E-state index in [1.54, 1.807) is 18.2 Å². The largest absolute Gasteiger partial charge is 0.250 e. The van der Waals surface area contributed by atoms with Crippen molar-refractivity contribution in [3.05, 3.63) is 40.0 Å². The van der Waals surface area contributed by atoms with Gasteiger partial charge in [0.25, 0.3) is 0 Å². The summed E-state index contributed by atoms with van der Waals surface area (Å²) >= 11 is 0. The normalized spacial score (nSPS) is 10.0. The van der Waals surface area contributed by atoms with Crippen LogP contribution in [0.4, 0.5) is 5.69 Å². The molecule has 0 radical (unpaired) electrons. The monoisotopic (exact) mass is 199 g/mol. The molecule has 0 N–H and O–H groups in total. The molecule has 0 fully saturated rings. The van der Waals surface area contributed by atoms with Crippen LogP contribution in [-0.2, 0) is 0 Å². The molecule has 2 rings (SSSR count). The van der Waals surface area contributed by atoms with Crippen LogP contribution < -0.4 is 0 Å². The highest BCUT2D eigenvalue weighted by Crippen LogP contribution is 2.19. The summed E-state index contributed by atoms with van der Waals surface area (Å²) in [7, 11) is 0. The lowest BCUT2D eigenvalue weighted by Gasteiger charge is -2.02. The van der Waals surface area contributed by atoms with Gasteiger partial charge in [-0.25, -0.2) is 9.97 Å². The van der Waals surface area contributed by atoms with E-state index >= 15 is 0 Å². The topological polar surface area (TPSA) is 74.5 Å². The first-order valence-corrected chi connectivity index (χ1v) is 4.51. The Morgan fingerprint density at radius 2 is 1.80 bits per heavy atom. The number of hydrogen-bond acceptors (Lipinski definition) is 3. The summed E-state index contributed by atoms with van der Waals surface area (Å²) in [6, 6.07) is 5.26. The standard InChI is InChI=1S/C10H9N5/c1-6-7(2)13-10-5-8(14-15-11)3-4-9(10)12-6/h3-5H,1-2H3. The van der Waals surface area contributed by atoms with Crippen molar-refractivity contribution in [1.29, 1.82) is 0 Å². The minimum absolute atomic E-state index is 0.558. The molecule has 0 saturated carbocycles. The van der Waals surface area contributed by atoms with E-state index in [0.717, 1.165) is 22.4 Å². The third-order valence-corrected chi connectivity index (χ3v) is 2.22. The number of azide groups is 1. The first kappa shape index (κ1) is 9.43. The van der Waals surface area contributed by atoms with Gasteiger partial charge in [0.2, 0.25) is 0 Å². The maximum absolute atomic E-state index is 8.31. The molecule has 0 aliphatic rings. The summed E-state index contributed by atoms with van der Waals surface area (Å²) in [5.41, 5.74) is 12.2. The van der Waals surface area contributed by atoms with E-state index < -0.39 is 0 Å². The van der Waals surface area contributed by atoms with Crippen molar-refractivity contribution in [3.8, 4) is 0 Å². The molecule has 0 aliphatic carbocycles. The van der Waals surface area contributed by atoms with E-state index in [0.29, 0.717) is 5.69 Å². The molecule has 0 atom stereocenters. The molecule has 0 spiro atoms. The van der Waals surface area contributed by atoms with Crippen molar-refractivity contribution in [2.75, 3.05) is 0 Å². The fourth-order valence-electron chi connectivity index (χ4n) is 1.33. The van der Waals surface area contributed by atoms with Gasteiger partial charge < -0.3 is 0 Å². The average molecular weight is 199 g/mol. The van der Waals surface area contributed by atoms with Crippen molar-refractivity contribution in [1.82, 2.24) is 9.97 Å². The van der Waals surface area contributed by atoms with Crippen molar-refractivity contribution < 1.29 is 0 Å². The lowest BCUT2D eigenvalue weighted by molar-refractivity contribution is 1.10. The smallest absolute Gasteiger partial charge is 0.0894 e. The second kappa shape index (κ2) is 3.55. The Bertz CT molecular complexity index is 569. The zero-order valence-corrected chi connectivity index (χ0v) is 8.47. The predicted octanol–water partition coefficient (Wildman–Crippen LogP) is 3.19. The molecule has 0 bridgehead atoms. The van der Waals surface area contributed by atoms with Gasteiger partial charge in [-0.2, -0.15) is 0 Å². The zero-order chi connectivity index (χ0) is 10.8. The van der Waals surface area contributed by atoms with E-state index in [9.17, 15) is 0 Å². The molecule has 0 amide bonds. The Morgan fingerprint density at radius 1 is 1.13 bits per heavy atom. The average Bonchev–Trinajstić information content (AvgIpc) is 2.21. The van der Waals surface area contributed by atoms with Crippen LogP contribution in [0.3, 0.4) is 0 Å².